The minimum Gasteiger partial charge on any atom is -0.492 e. The van der Waals surface area contributed by atoms with Gasteiger partial charge in [0.2, 0.25) is 10.0 Å². The lowest BCUT2D eigenvalue weighted by Crippen LogP contribution is -2.25. The van der Waals surface area contributed by atoms with Gasteiger partial charge >= 0.3 is 0 Å². The molecule has 0 aliphatic heterocycles. The van der Waals surface area contributed by atoms with E-state index in [0.717, 1.165) is 25.7 Å². The van der Waals surface area contributed by atoms with Gasteiger partial charge in [0.15, 0.2) is 0 Å². The number of anilines is 1. The number of hydrogen-bond acceptors (Lipinski definition) is 4. The van der Waals surface area contributed by atoms with Gasteiger partial charge in [0.25, 0.3) is 0 Å². The molecule has 106 valence electrons. The highest BCUT2D eigenvalue weighted by molar-refractivity contribution is 7.93. The highest BCUT2D eigenvalue weighted by Gasteiger charge is 2.28. The molecule has 5 nitrogen and oxygen atoms in total. The standard InChI is InChI=1S/C13H20N2O3S/c14-8-9-18-12-5-3-4-11(10-12)15-19(16,17)13-6-1-2-7-13/h3-5,10,13,15H,1-2,6-9,14H2. The Bertz CT molecular complexity index is 510. The molecular weight excluding hydrogens is 264 g/mol. The maximum Gasteiger partial charge on any atom is 0.235 e. The number of nitrogens with two attached hydrogens (primary N) is 1. The maximum atomic E-state index is 12.2. The topological polar surface area (TPSA) is 81.4 Å². The molecule has 6 heteroatoms. The second-order valence-electron chi connectivity index (χ2n) is 4.72. The van der Waals surface area contributed by atoms with Crippen molar-refractivity contribution < 1.29 is 13.2 Å². The lowest BCUT2D eigenvalue weighted by molar-refractivity contribution is 0.328. The van der Waals surface area contributed by atoms with Gasteiger partial charge in [0, 0.05) is 12.6 Å². The van der Waals surface area contributed by atoms with E-state index in [1.807, 2.05) is 0 Å². The van der Waals surface area contributed by atoms with Crippen molar-refractivity contribution in [3.8, 4) is 5.75 Å². The Morgan fingerprint density at radius 3 is 2.74 bits per heavy atom. The average molecular weight is 284 g/mol. The fraction of sp³-hybridized carbons (Fsp3) is 0.538. The van der Waals surface area contributed by atoms with Crippen LogP contribution in [-0.4, -0.2) is 26.8 Å². The van der Waals surface area contributed by atoms with Gasteiger partial charge < -0.3 is 10.5 Å². The quantitative estimate of drug-likeness (QED) is 0.833. The van der Waals surface area contributed by atoms with E-state index in [0.29, 0.717) is 24.6 Å². The van der Waals surface area contributed by atoms with Crippen molar-refractivity contribution in [3.63, 3.8) is 0 Å². The number of sulfonamides is 1. The first-order valence-corrected chi connectivity index (χ1v) is 8.11. The lowest BCUT2D eigenvalue weighted by atomic mass is 10.3. The minimum absolute atomic E-state index is 0.263. The smallest absolute Gasteiger partial charge is 0.235 e. The van der Waals surface area contributed by atoms with Crippen LogP contribution in [0.2, 0.25) is 0 Å². The van der Waals surface area contributed by atoms with E-state index in [4.69, 9.17) is 10.5 Å². The molecule has 0 radical (unpaired) electrons. The monoisotopic (exact) mass is 284 g/mol. The van der Waals surface area contributed by atoms with Crippen LogP contribution in [0.3, 0.4) is 0 Å². The number of hydrogen-bond donors (Lipinski definition) is 2. The molecule has 19 heavy (non-hydrogen) atoms. The van der Waals surface area contributed by atoms with Crippen molar-refractivity contribution in [1.29, 1.82) is 0 Å². The van der Waals surface area contributed by atoms with Crippen molar-refractivity contribution in [2.45, 2.75) is 30.9 Å². The molecule has 0 bridgehead atoms. The van der Waals surface area contributed by atoms with Crippen molar-refractivity contribution in [2.24, 2.45) is 5.73 Å². The van der Waals surface area contributed by atoms with Gasteiger partial charge in [-0.1, -0.05) is 18.9 Å². The van der Waals surface area contributed by atoms with E-state index in [1.165, 1.54) is 0 Å². The summed E-state index contributed by atoms with van der Waals surface area (Å²) in [5.74, 6) is 0.622. The molecule has 1 aliphatic carbocycles. The summed E-state index contributed by atoms with van der Waals surface area (Å²) in [4.78, 5) is 0. The van der Waals surface area contributed by atoms with E-state index in [1.54, 1.807) is 24.3 Å². The van der Waals surface area contributed by atoms with Crippen LogP contribution in [0, 0.1) is 0 Å². The Morgan fingerprint density at radius 1 is 1.32 bits per heavy atom. The van der Waals surface area contributed by atoms with Gasteiger partial charge in [0.05, 0.1) is 10.9 Å². The zero-order valence-electron chi connectivity index (χ0n) is 10.8. The summed E-state index contributed by atoms with van der Waals surface area (Å²) in [7, 11) is -3.28. The Kier molecular flexibility index (Phi) is 4.66. The fourth-order valence-corrected chi connectivity index (χ4v) is 3.85. The van der Waals surface area contributed by atoms with E-state index in [9.17, 15) is 8.42 Å². The summed E-state index contributed by atoms with van der Waals surface area (Å²) in [5.41, 5.74) is 5.91. The highest BCUT2D eigenvalue weighted by Crippen LogP contribution is 2.27. The Morgan fingerprint density at radius 2 is 2.05 bits per heavy atom. The van der Waals surface area contributed by atoms with E-state index < -0.39 is 10.0 Å². The summed E-state index contributed by atoms with van der Waals surface area (Å²) in [5, 5.41) is -0.263. The summed E-state index contributed by atoms with van der Waals surface area (Å²) >= 11 is 0. The summed E-state index contributed by atoms with van der Waals surface area (Å²) in [6.45, 7) is 0.844. The number of nitrogens with one attached hydrogen (secondary N) is 1. The van der Waals surface area contributed by atoms with Gasteiger partial charge in [0.1, 0.15) is 12.4 Å². The van der Waals surface area contributed by atoms with Crippen LogP contribution >= 0.6 is 0 Å². The van der Waals surface area contributed by atoms with Crippen LogP contribution in [0.5, 0.6) is 5.75 Å². The average Bonchev–Trinajstić information content (AvgIpc) is 2.91. The first-order valence-electron chi connectivity index (χ1n) is 6.56. The third kappa shape index (κ3) is 3.84. The molecule has 0 spiro atoms. The van der Waals surface area contributed by atoms with Gasteiger partial charge in [-0.15, -0.1) is 0 Å². The summed E-state index contributed by atoms with van der Waals surface area (Å²) in [6.07, 6.45) is 3.48. The molecule has 0 unspecified atom stereocenters. The zero-order chi connectivity index (χ0) is 13.7. The molecule has 3 N–H and O–H groups in total. The van der Waals surface area contributed by atoms with Crippen molar-refractivity contribution in [3.05, 3.63) is 24.3 Å². The zero-order valence-corrected chi connectivity index (χ0v) is 11.7. The van der Waals surface area contributed by atoms with Crippen molar-refractivity contribution in [2.75, 3.05) is 17.9 Å². The van der Waals surface area contributed by atoms with Gasteiger partial charge in [-0.25, -0.2) is 8.42 Å². The van der Waals surface area contributed by atoms with Gasteiger partial charge in [-0.2, -0.15) is 0 Å². The Labute approximate surface area is 114 Å². The Hall–Kier alpha value is -1.27. The molecule has 1 aliphatic rings. The minimum atomic E-state index is -3.28. The first kappa shape index (κ1) is 14.1. The van der Waals surface area contributed by atoms with Crippen LogP contribution in [0.4, 0.5) is 5.69 Å². The second-order valence-corrected chi connectivity index (χ2v) is 6.68. The van der Waals surface area contributed by atoms with Crippen LogP contribution in [0.25, 0.3) is 0 Å². The van der Waals surface area contributed by atoms with Gasteiger partial charge in [-0.3, -0.25) is 4.72 Å². The summed E-state index contributed by atoms with van der Waals surface area (Å²) < 4.78 is 32.3. The van der Waals surface area contributed by atoms with Crippen LogP contribution < -0.4 is 15.2 Å². The third-order valence-electron chi connectivity index (χ3n) is 3.22. The largest absolute Gasteiger partial charge is 0.492 e. The molecule has 2 rings (SSSR count). The van der Waals surface area contributed by atoms with Crippen LogP contribution in [-0.2, 0) is 10.0 Å². The molecular formula is C13H20N2O3S. The van der Waals surface area contributed by atoms with Crippen LogP contribution in [0.1, 0.15) is 25.7 Å². The molecule has 1 saturated carbocycles. The van der Waals surface area contributed by atoms with Crippen molar-refractivity contribution in [1.82, 2.24) is 0 Å². The fourth-order valence-electron chi connectivity index (χ4n) is 2.27. The van der Waals surface area contributed by atoms with E-state index >= 15 is 0 Å². The normalized spacial score (nSPS) is 16.5. The van der Waals surface area contributed by atoms with E-state index in [2.05, 4.69) is 4.72 Å². The SMILES string of the molecule is NCCOc1cccc(NS(=O)(=O)C2CCCC2)c1. The number of rotatable bonds is 6. The third-order valence-corrected chi connectivity index (χ3v) is 5.09. The predicted molar refractivity (Wildman–Crippen MR) is 75.8 cm³/mol. The summed E-state index contributed by atoms with van der Waals surface area (Å²) in [6, 6.07) is 6.95. The van der Waals surface area contributed by atoms with Crippen LogP contribution in [0.15, 0.2) is 24.3 Å². The molecule has 0 aromatic heterocycles. The number of benzene rings is 1. The molecule has 1 aromatic rings. The van der Waals surface area contributed by atoms with E-state index in [-0.39, 0.29) is 5.25 Å². The van der Waals surface area contributed by atoms with Gasteiger partial charge in [-0.05, 0) is 25.0 Å². The maximum absolute atomic E-state index is 12.2. The predicted octanol–water partition coefficient (Wildman–Crippen LogP) is 1.71. The highest BCUT2D eigenvalue weighted by atomic mass is 32.2. The molecule has 0 amide bonds. The first-order chi connectivity index (χ1) is 9.12. The number of ether oxygens (including phenoxy) is 1. The molecule has 1 fully saturated rings. The van der Waals surface area contributed by atoms with Crippen molar-refractivity contribution >= 4 is 15.7 Å². The molecule has 1 aromatic carbocycles. The Balaban J connectivity index is 2.05. The molecule has 0 heterocycles. The molecule has 0 atom stereocenters. The molecule has 0 saturated heterocycles. The lowest BCUT2D eigenvalue weighted by Gasteiger charge is -2.14. The second kappa shape index (κ2) is 6.25.